The molecule has 29 heavy (non-hydrogen) atoms. The van der Waals surface area contributed by atoms with Gasteiger partial charge in [-0.2, -0.15) is 13.2 Å². The molecule has 0 spiro atoms. The van der Waals surface area contributed by atoms with E-state index in [0.29, 0.717) is 16.7 Å². The van der Waals surface area contributed by atoms with Crippen LogP contribution in [0, 0.1) is 0 Å². The van der Waals surface area contributed by atoms with Crippen LogP contribution >= 0.6 is 0 Å². The Bertz CT molecular complexity index is 799. The summed E-state index contributed by atoms with van der Waals surface area (Å²) in [5, 5.41) is 2.72. The van der Waals surface area contributed by atoms with E-state index in [2.05, 4.69) is 23.5 Å². The molecule has 0 aliphatic heterocycles. The Labute approximate surface area is 166 Å². The van der Waals surface area contributed by atoms with Crippen LogP contribution in [0.1, 0.15) is 43.9 Å². The molecular weight excluding hydrogens is 391 g/mol. The predicted octanol–water partition coefficient (Wildman–Crippen LogP) is 5.35. The van der Waals surface area contributed by atoms with E-state index in [-0.39, 0.29) is 19.4 Å². The summed E-state index contributed by atoms with van der Waals surface area (Å²) >= 11 is 0. The summed E-state index contributed by atoms with van der Waals surface area (Å²) in [6, 6.07) is 2.09. The average Bonchev–Trinajstić information content (AvgIpc) is 2.64. The fraction of sp³-hybridized carbons (Fsp3) is 0.429. The number of nitrogens with zero attached hydrogens (tertiary/aromatic N) is 1. The maximum atomic E-state index is 13.7. The lowest BCUT2D eigenvalue weighted by Crippen LogP contribution is -2.46. The average molecular weight is 414 g/mol. The van der Waals surface area contributed by atoms with Crippen LogP contribution in [-0.2, 0) is 16.4 Å². The van der Waals surface area contributed by atoms with Crippen LogP contribution in [0.2, 0.25) is 0 Å². The van der Waals surface area contributed by atoms with Crippen molar-refractivity contribution >= 4 is 5.91 Å². The molecule has 3 nitrogen and oxygen atoms in total. The monoisotopic (exact) mass is 414 g/mol. The molecule has 1 fully saturated rings. The van der Waals surface area contributed by atoms with E-state index in [1.807, 2.05) is 0 Å². The quantitative estimate of drug-likeness (QED) is 0.387. The summed E-state index contributed by atoms with van der Waals surface area (Å²) in [7, 11) is 0. The van der Waals surface area contributed by atoms with E-state index in [4.69, 9.17) is 0 Å². The fourth-order valence-electron chi connectivity index (χ4n) is 3.41. The molecule has 0 aromatic carbocycles. The Morgan fingerprint density at radius 3 is 2.31 bits per heavy atom. The SMILES string of the molecule is C=C/C=C(\C(=C)C)C(=O)NCC1(c2ccc(C(F)(F)F)nc2)CCC(F)(F)CC1. The molecule has 0 unspecified atom stereocenters. The van der Waals surface area contributed by atoms with E-state index in [1.165, 1.54) is 18.2 Å². The molecule has 1 aromatic heterocycles. The molecule has 0 atom stereocenters. The first kappa shape index (κ1) is 22.8. The van der Waals surface area contributed by atoms with Crippen LogP contribution in [0.15, 0.2) is 54.8 Å². The highest BCUT2D eigenvalue weighted by Crippen LogP contribution is 2.45. The molecule has 1 amide bonds. The number of halogens is 5. The van der Waals surface area contributed by atoms with Crippen molar-refractivity contribution in [3.8, 4) is 0 Å². The van der Waals surface area contributed by atoms with Gasteiger partial charge < -0.3 is 5.32 Å². The summed E-state index contributed by atoms with van der Waals surface area (Å²) in [6.45, 7) is 8.91. The number of allylic oxidation sites excluding steroid dienone is 2. The second-order valence-corrected chi connectivity index (χ2v) is 7.35. The van der Waals surface area contributed by atoms with Gasteiger partial charge in [-0.05, 0) is 43.0 Å². The van der Waals surface area contributed by atoms with E-state index in [1.54, 1.807) is 6.92 Å². The number of carbonyl (C=O) groups is 1. The standard InChI is InChI=1S/C21H23F5N2O/c1-4-5-16(14(2)3)18(29)28-13-19(8-10-20(22,23)11-9-19)15-6-7-17(27-12-15)21(24,25)26/h4-7,12H,1-2,8-11,13H2,3H3,(H,28,29)/b16-5+. The predicted molar refractivity (Wildman–Crippen MR) is 100 cm³/mol. The summed E-state index contributed by atoms with van der Waals surface area (Å²) < 4.78 is 65.9. The minimum atomic E-state index is -4.59. The van der Waals surface area contributed by atoms with Crippen molar-refractivity contribution in [1.29, 1.82) is 0 Å². The first-order chi connectivity index (χ1) is 13.4. The van der Waals surface area contributed by atoms with Crippen molar-refractivity contribution in [2.24, 2.45) is 0 Å². The van der Waals surface area contributed by atoms with Crippen molar-refractivity contribution < 1.29 is 26.7 Å². The van der Waals surface area contributed by atoms with E-state index < -0.39 is 42.0 Å². The van der Waals surface area contributed by atoms with E-state index in [0.717, 1.165) is 12.3 Å². The van der Waals surface area contributed by atoms with Crippen molar-refractivity contribution in [3.63, 3.8) is 0 Å². The first-order valence-electron chi connectivity index (χ1n) is 9.09. The van der Waals surface area contributed by atoms with Gasteiger partial charge in [0.05, 0.1) is 0 Å². The van der Waals surface area contributed by atoms with Crippen LogP contribution in [0.5, 0.6) is 0 Å². The van der Waals surface area contributed by atoms with Crippen LogP contribution in [0.3, 0.4) is 0 Å². The zero-order valence-electron chi connectivity index (χ0n) is 16.1. The van der Waals surface area contributed by atoms with Gasteiger partial charge in [0.2, 0.25) is 5.92 Å². The van der Waals surface area contributed by atoms with Gasteiger partial charge in [-0.25, -0.2) is 8.78 Å². The number of aromatic nitrogens is 1. The number of nitrogens with one attached hydrogen (secondary N) is 1. The van der Waals surface area contributed by atoms with Gasteiger partial charge in [-0.15, -0.1) is 0 Å². The lowest BCUT2D eigenvalue weighted by molar-refractivity contribution is -0.141. The molecule has 1 aliphatic carbocycles. The van der Waals surface area contributed by atoms with Gasteiger partial charge >= 0.3 is 6.18 Å². The number of alkyl halides is 5. The zero-order chi connectivity index (χ0) is 21.9. The van der Waals surface area contributed by atoms with Crippen molar-refractivity contribution in [1.82, 2.24) is 10.3 Å². The number of carbonyl (C=O) groups excluding carboxylic acids is 1. The van der Waals surface area contributed by atoms with Gasteiger partial charge in [-0.1, -0.05) is 25.3 Å². The van der Waals surface area contributed by atoms with E-state index in [9.17, 15) is 26.7 Å². The lowest BCUT2D eigenvalue weighted by atomic mass is 9.68. The largest absolute Gasteiger partial charge is 0.433 e. The fourth-order valence-corrected chi connectivity index (χ4v) is 3.41. The summed E-state index contributed by atoms with van der Waals surface area (Å²) in [6.07, 6.45) is -1.41. The number of hydrogen-bond donors (Lipinski definition) is 1. The molecule has 0 bridgehead atoms. The second-order valence-electron chi connectivity index (χ2n) is 7.35. The minimum Gasteiger partial charge on any atom is -0.351 e. The number of pyridine rings is 1. The van der Waals surface area contributed by atoms with Crippen molar-refractivity contribution in [3.05, 3.63) is 66.0 Å². The summed E-state index contributed by atoms with van der Waals surface area (Å²) in [5.41, 5.74) is -0.793. The van der Waals surface area contributed by atoms with Crippen LogP contribution in [0.4, 0.5) is 22.0 Å². The molecule has 0 saturated heterocycles. The smallest absolute Gasteiger partial charge is 0.351 e. The number of rotatable bonds is 6. The molecule has 1 aromatic rings. The van der Waals surface area contributed by atoms with Gasteiger partial charge in [0.15, 0.2) is 0 Å². The normalized spacial score (nSPS) is 18.8. The number of hydrogen-bond acceptors (Lipinski definition) is 2. The first-order valence-corrected chi connectivity index (χ1v) is 9.09. The molecule has 0 radical (unpaired) electrons. The van der Waals surface area contributed by atoms with Crippen LogP contribution in [0.25, 0.3) is 0 Å². The highest BCUT2D eigenvalue weighted by atomic mass is 19.4. The third-order valence-corrected chi connectivity index (χ3v) is 5.18. The highest BCUT2D eigenvalue weighted by Gasteiger charge is 2.45. The molecule has 1 N–H and O–H groups in total. The third-order valence-electron chi connectivity index (χ3n) is 5.18. The van der Waals surface area contributed by atoms with Gasteiger partial charge in [0.25, 0.3) is 5.91 Å². The molecule has 1 aliphatic rings. The molecule has 8 heteroatoms. The van der Waals surface area contributed by atoms with Crippen molar-refractivity contribution in [2.75, 3.05) is 6.54 Å². The second kappa shape index (κ2) is 8.47. The Morgan fingerprint density at radius 1 is 1.24 bits per heavy atom. The van der Waals surface area contributed by atoms with Gasteiger partial charge in [0, 0.05) is 36.6 Å². The Balaban J connectivity index is 2.30. The van der Waals surface area contributed by atoms with Crippen LogP contribution in [-0.4, -0.2) is 23.4 Å². The Morgan fingerprint density at radius 2 is 1.86 bits per heavy atom. The molecular formula is C21H23F5N2O. The Hall–Kier alpha value is -2.51. The maximum Gasteiger partial charge on any atom is 0.433 e. The topological polar surface area (TPSA) is 42.0 Å². The molecule has 1 heterocycles. The third kappa shape index (κ3) is 5.52. The Kier molecular flexibility index (Phi) is 6.65. The maximum absolute atomic E-state index is 13.7. The molecule has 2 rings (SSSR count). The molecule has 158 valence electrons. The van der Waals surface area contributed by atoms with Gasteiger partial charge in [0.1, 0.15) is 5.69 Å². The van der Waals surface area contributed by atoms with Crippen LogP contribution < -0.4 is 5.32 Å². The number of amides is 1. The summed E-state index contributed by atoms with van der Waals surface area (Å²) in [4.78, 5) is 16.0. The zero-order valence-corrected chi connectivity index (χ0v) is 16.1. The van der Waals surface area contributed by atoms with Crippen molar-refractivity contribution in [2.45, 2.75) is 50.1 Å². The highest BCUT2D eigenvalue weighted by molar-refractivity contribution is 5.97. The molecule has 1 saturated carbocycles. The lowest BCUT2D eigenvalue weighted by Gasteiger charge is -2.40. The van der Waals surface area contributed by atoms with Gasteiger partial charge in [-0.3, -0.25) is 9.78 Å². The summed E-state index contributed by atoms with van der Waals surface area (Å²) in [5.74, 6) is -3.28. The minimum absolute atomic E-state index is 0.00325. The van der Waals surface area contributed by atoms with E-state index >= 15 is 0 Å².